The van der Waals surface area contributed by atoms with Crippen molar-refractivity contribution in [3.63, 3.8) is 0 Å². The van der Waals surface area contributed by atoms with Crippen molar-refractivity contribution < 1.29 is 4.79 Å². The Morgan fingerprint density at radius 1 is 1.25 bits per heavy atom. The molecule has 0 aromatic carbocycles. The normalized spacial score (nSPS) is 10.9. The molecule has 3 aromatic rings. The van der Waals surface area contributed by atoms with Crippen molar-refractivity contribution in [3.8, 4) is 0 Å². The number of nitrogens with zero attached hydrogens (tertiary/aromatic N) is 5. The summed E-state index contributed by atoms with van der Waals surface area (Å²) in [7, 11) is 0. The summed E-state index contributed by atoms with van der Waals surface area (Å²) < 4.78 is 1.54. The highest BCUT2D eigenvalue weighted by atomic mass is 16.2. The summed E-state index contributed by atoms with van der Waals surface area (Å²) in [6.45, 7) is 5.60. The summed E-state index contributed by atoms with van der Waals surface area (Å²) in [5.74, 6) is 0.490. The highest BCUT2D eigenvalue weighted by molar-refractivity contribution is 6.01. The van der Waals surface area contributed by atoms with Crippen LogP contribution in [0.3, 0.4) is 0 Å². The van der Waals surface area contributed by atoms with Crippen molar-refractivity contribution in [2.45, 2.75) is 20.8 Å². The van der Waals surface area contributed by atoms with Gasteiger partial charge < -0.3 is 5.32 Å². The Morgan fingerprint density at radius 3 is 2.75 bits per heavy atom. The summed E-state index contributed by atoms with van der Waals surface area (Å²) in [5.41, 5.74) is 2.56. The number of hydrogen-bond donors (Lipinski definition) is 2. The molecule has 0 radical (unpaired) electrons. The molecule has 0 aliphatic carbocycles. The number of rotatable bonds is 2. The fourth-order valence-corrected chi connectivity index (χ4v) is 1.92. The van der Waals surface area contributed by atoms with Gasteiger partial charge in [0.2, 0.25) is 5.82 Å². The Balaban J connectivity index is 1.94. The molecule has 8 nitrogen and oxygen atoms in total. The van der Waals surface area contributed by atoms with Gasteiger partial charge in [-0.2, -0.15) is 10.1 Å². The van der Waals surface area contributed by atoms with Gasteiger partial charge in [0.1, 0.15) is 0 Å². The van der Waals surface area contributed by atoms with E-state index in [0.29, 0.717) is 11.6 Å². The van der Waals surface area contributed by atoms with E-state index in [1.165, 1.54) is 4.52 Å². The van der Waals surface area contributed by atoms with Crippen LogP contribution in [0.15, 0.2) is 12.1 Å². The van der Waals surface area contributed by atoms with Gasteiger partial charge in [-0.05, 0) is 26.8 Å². The number of amides is 1. The minimum Gasteiger partial charge on any atom is -0.302 e. The van der Waals surface area contributed by atoms with Crippen LogP contribution in [0.1, 0.15) is 27.7 Å². The summed E-state index contributed by atoms with van der Waals surface area (Å²) in [6, 6.07) is 3.60. The minimum atomic E-state index is -0.418. The van der Waals surface area contributed by atoms with E-state index in [4.69, 9.17) is 0 Å². The van der Waals surface area contributed by atoms with Crippen LogP contribution < -0.4 is 5.32 Å². The van der Waals surface area contributed by atoms with E-state index in [1.807, 2.05) is 26.8 Å². The highest BCUT2D eigenvalue weighted by Gasteiger charge is 2.15. The minimum absolute atomic E-state index is 0.0619. The van der Waals surface area contributed by atoms with Crippen molar-refractivity contribution in [3.05, 3.63) is 35.0 Å². The van der Waals surface area contributed by atoms with Gasteiger partial charge in [0.25, 0.3) is 11.7 Å². The topological polar surface area (TPSA) is 101 Å². The van der Waals surface area contributed by atoms with Gasteiger partial charge in [0.15, 0.2) is 5.82 Å². The molecule has 0 saturated heterocycles. The maximum Gasteiger partial charge on any atom is 0.296 e. The molecule has 0 fully saturated rings. The lowest BCUT2D eigenvalue weighted by molar-refractivity contribution is 0.101. The molecule has 3 rings (SSSR count). The molecule has 0 aliphatic heterocycles. The van der Waals surface area contributed by atoms with Crippen LogP contribution in [0, 0.1) is 20.8 Å². The number of aromatic amines is 1. The molecule has 0 bridgehead atoms. The van der Waals surface area contributed by atoms with Gasteiger partial charge in [-0.25, -0.2) is 9.50 Å². The molecular formula is C12H13N7O. The van der Waals surface area contributed by atoms with Crippen molar-refractivity contribution >= 4 is 17.5 Å². The number of H-pyrrole nitrogens is 1. The summed E-state index contributed by atoms with van der Waals surface area (Å²) in [6.07, 6.45) is 0. The molecule has 102 valence electrons. The second-order valence-electron chi connectivity index (χ2n) is 4.58. The first-order chi connectivity index (χ1) is 9.52. The first-order valence-electron chi connectivity index (χ1n) is 6.07. The highest BCUT2D eigenvalue weighted by Crippen LogP contribution is 2.08. The number of carbonyl (C=O) groups excluding carboxylic acids is 1. The van der Waals surface area contributed by atoms with E-state index in [1.54, 1.807) is 6.07 Å². The third kappa shape index (κ3) is 2.11. The monoisotopic (exact) mass is 271 g/mol. The molecule has 0 aliphatic rings. The molecule has 8 heteroatoms. The Morgan fingerprint density at radius 2 is 2.05 bits per heavy atom. The maximum absolute atomic E-state index is 12.1. The van der Waals surface area contributed by atoms with Crippen LogP contribution in [0.2, 0.25) is 0 Å². The Bertz CT molecular complexity index is 801. The van der Waals surface area contributed by atoms with E-state index in [9.17, 15) is 4.79 Å². The van der Waals surface area contributed by atoms with E-state index in [2.05, 4.69) is 30.6 Å². The molecule has 1 amide bonds. The Hall–Kier alpha value is -2.77. The predicted octanol–water partition coefficient (Wildman–Crippen LogP) is 1.02. The number of aromatic nitrogens is 6. The second-order valence-corrected chi connectivity index (χ2v) is 4.58. The van der Waals surface area contributed by atoms with Crippen LogP contribution in [0.5, 0.6) is 0 Å². The van der Waals surface area contributed by atoms with Crippen molar-refractivity contribution in [1.82, 2.24) is 29.8 Å². The van der Waals surface area contributed by atoms with Crippen LogP contribution in [0.25, 0.3) is 5.78 Å². The van der Waals surface area contributed by atoms with Gasteiger partial charge in [-0.3, -0.25) is 9.89 Å². The smallest absolute Gasteiger partial charge is 0.296 e. The van der Waals surface area contributed by atoms with Crippen LogP contribution in [-0.2, 0) is 0 Å². The van der Waals surface area contributed by atoms with Gasteiger partial charge in [0, 0.05) is 23.1 Å². The molecule has 20 heavy (non-hydrogen) atoms. The number of fused-ring (bicyclic) bond motifs is 1. The van der Waals surface area contributed by atoms with Crippen LogP contribution >= 0.6 is 0 Å². The molecular weight excluding hydrogens is 258 g/mol. The molecule has 2 N–H and O–H groups in total. The molecule has 0 saturated carbocycles. The zero-order valence-corrected chi connectivity index (χ0v) is 11.3. The third-order valence-electron chi connectivity index (χ3n) is 2.77. The number of hydrogen-bond acceptors (Lipinski definition) is 5. The lowest BCUT2D eigenvalue weighted by Gasteiger charge is -1.97. The van der Waals surface area contributed by atoms with Crippen molar-refractivity contribution in [2.75, 3.05) is 5.32 Å². The third-order valence-corrected chi connectivity index (χ3v) is 2.77. The van der Waals surface area contributed by atoms with Crippen LogP contribution in [0.4, 0.5) is 5.82 Å². The average molecular weight is 271 g/mol. The number of nitrogens with one attached hydrogen (secondary N) is 2. The zero-order valence-electron chi connectivity index (χ0n) is 11.3. The molecule has 0 atom stereocenters. The fraction of sp³-hybridized carbons (Fsp3) is 0.250. The van der Waals surface area contributed by atoms with E-state index in [-0.39, 0.29) is 5.82 Å². The van der Waals surface area contributed by atoms with Gasteiger partial charge >= 0.3 is 0 Å². The Labute approximate surface area is 114 Å². The SMILES string of the molecule is Cc1cc(C)n2nc(C(=O)Nc3cc(C)[nH]n3)nc2n1. The zero-order chi connectivity index (χ0) is 14.3. The summed E-state index contributed by atoms with van der Waals surface area (Å²) >= 11 is 0. The first-order valence-corrected chi connectivity index (χ1v) is 6.07. The molecule has 3 aromatic heterocycles. The van der Waals surface area contributed by atoms with Crippen LogP contribution in [-0.4, -0.2) is 35.7 Å². The number of anilines is 1. The largest absolute Gasteiger partial charge is 0.302 e. The summed E-state index contributed by atoms with van der Waals surface area (Å²) in [5, 5.41) is 13.5. The average Bonchev–Trinajstić information content (AvgIpc) is 2.95. The molecule has 0 unspecified atom stereocenters. The lowest BCUT2D eigenvalue weighted by Crippen LogP contribution is -2.14. The van der Waals surface area contributed by atoms with Crippen molar-refractivity contribution in [2.24, 2.45) is 0 Å². The summed E-state index contributed by atoms with van der Waals surface area (Å²) in [4.78, 5) is 20.4. The molecule has 3 heterocycles. The van der Waals surface area contributed by atoms with Gasteiger partial charge in [-0.1, -0.05) is 0 Å². The first kappa shape index (κ1) is 12.3. The standard InChI is InChI=1S/C12H13N7O/c1-6-4-8(3)19-12(13-6)15-10(18-19)11(20)14-9-5-7(2)16-17-9/h4-5H,1-3H3,(H2,14,16,17,20). The van der Waals surface area contributed by atoms with Gasteiger partial charge in [0.05, 0.1) is 0 Å². The second kappa shape index (κ2) is 4.41. The van der Waals surface area contributed by atoms with E-state index < -0.39 is 5.91 Å². The van der Waals surface area contributed by atoms with Gasteiger partial charge in [-0.15, -0.1) is 5.10 Å². The van der Waals surface area contributed by atoms with E-state index in [0.717, 1.165) is 17.1 Å². The van der Waals surface area contributed by atoms with Crippen molar-refractivity contribution in [1.29, 1.82) is 0 Å². The lowest BCUT2D eigenvalue weighted by atomic mass is 10.4. The molecule has 0 spiro atoms. The number of aryl methyl sites for hydroxylation is 3. The maximum atomic E-state index is 12.1. The number of carbonyl (C=O) groups is 1. The Kier molecular flexibility index (Phi) is 2.70. The predicted molar refractivity (Wildman–Crippen MR) is 71.5 cm³/mol. The quantitative estimate of drug-likeness (QED) is 0.724. The van der Waals surface area contributed by atoms with E-state index >= 15 is 0 Å². The fourth-order valence-electron chi connectivity index (χ4n) is 1.92.